The van der Waals surface area contributed by atoms with Gasteiger partial charge in [-0.2, -0.15) is 0 Å². The van der Waals surface area contributed by atoms with Gasteiger partial charge in [-0.15, -0.1) is 0 Å². The fourth-order valence-corrected chi connectivity index (χ4v) is 1.83. The fraction of sp³-hybridized carbons (Fsp3) is 0.533. The van der Waals surface area contributed by atoms with Gasteiger partial charge in [0.1, 0.15) is 6.04 Å². The molecule has 2 rings (SSSR count). The van der Waals surface area contributed by atoms with Gasteiger partial charge in [0.05, 0.1) is 0 Å². The van der Waals surface area contributed by atoms with Crippen LogP contribution in [0.15, 0.2) is 18.2 Å². The maximum atomic E-state index is 12.1. The molecule has 1 aliphatic rings. The Kier molecular flexibility index (Phi) is 4.06. The zero-order chi connectivity index (χ0) is 14.8. The van der Waals surface area contributed by atoms with Gasteiger partial charge in [0, 0.05) is 17.3 Å². The first-order chi connectivity index (χ1) is 9.41. The van der Waals surface area contributed by atoms with Crippen molar-refractivity contribution >= 4 is 11.6 Å². The lowest BCUT2D eigenvalue weighted by molar-refractivity contribution is -0.123. The topological polar surface area (TPSA) is 59.6 Å². The van der Waals surface area contributed by atoms with Crippen LogP contribution >= 0.6 is 0 Å². The average Bonchev–Trinajstić information content (AvgIpc) is 2.85. The van der Waals surface area contributed by atoms with Crippen LogP contribution in [0.25, 0.3) is 0 Å². The molecule has 0 radical (unpaired) electrons. The maximum Gasteiger partial charge on any atom is 0.242 e. The number of anilines is 1. The Morgan fingerprint density at radius 1 is 1.35 bits per heavy atom. The summed E-state index contributed by atoms with van der Waals surface area (Å²) < 4.78 is 10.6. The summed E-state index contributed by atoms with van der Waals surface area (Å²) in [4.78, 5) is 12.1. The van der Waals surface area contributed by atoms with Crippen LogP contribution in [0.4, 0.5) is 5.69 Å². The SMILES string of the molecule is CCC(C)(C)NC(=O)C(C)Nc1ccc2c(c1)OCO2. The molecule has 1 atom stereocenters. The molecule has 1 aromatic carbocycles. The molecule has 5 nitrogen and oxygen atoms in total. The summed E-state index contributed by atoms with van der Waals surface area (Å²) in [5, 5.41) is 6.19. The van der Waals surface area contributed by atoms with E-state index in [4.69, 9.17) is 9.47 Å². The summed E-state index contributed by atoms with van der Waals surface area (Å²) >= 11 is 0. The second kappa shape index (κ2) is 5.61. The molecule has 0 fully saturated rings. The Morgan fingerprint density at radius 3 is 2.75 bits per heavy atom. The Labute approximate surface area is 119 Å². The molecule has 0 aromatic heterocycles. The standard InChI is InChI=1S/C15H22N2O3/c1-5-15(3,4)17-14(18)10(2)16-11-6-7-12-13(8-11)20-9-19-12/h6-8,10,16H,5,9H2,1-4H3,(H,17,18). The first kappa shape index (κ1) is 14.5. The minimum absolute atomic E-state index is 0.0190. The highest BCUT2D eigenvalue weighted by atomic mass is 16.7. The number of rotatable bonds is 5. The molecule has 2 N–H and O–H groups in total. The molecule has 0 saturated heterocycles. The smallest absolute Gasteiger partial charge is 0.242 e. The second-order valence-corrected chi connectivity index (χ2v) is 5.66. The van der Waals surface area contributed by atoms with Crippen molar-refractivity contribution in [3.63, 3.8) is 0 Å². The Bertz CT molecular complexity index is 500. The number of carbonyl (C=O) groups excluding carboxylic acids is 1. The van der Waals surface area contributed by atoms with E-state index in [-0.39, 0.29) is 24.3 Å². The highest BCUT2D eigenvalue weighted by Gasteiger charge is 2.22. The zero-order valence-corrected chi connectivity index (χ0v) is 12.4. The van der Waals surface area contributed by atoms with Gasteiger partial charge in [-0.05, 0) is 39.3 Å². The van der Waals surface area contributed by atoms with Gasteiger partial charge >= 0.3 is 0 Å². The third-order valence-electron chi connectivity index (χ3n) is 3.49. The van der Waals surface area contributed by atoms with Gasteiger partial charge in [-0.25, -0.2) is 0 Å². The van der Waals surface area contributed by atoms with Gasteiger partial charge in [0.25, 0.3) is 0 Å². The van der Waals surface area contributed by atoms with Gasteiger partial charge in [0.15, 0.2) is 11.5 Å². The number of nitrogens with one attached hydrogen (secondary N) is 2. The van der Waals surface area contributed by atoms with E-state index >= 15 is 0 Å². The number of hydrogen-bond acceptors (Lipinski definition) is 4. The summed E-state index contributed by atoms with van der Waals surface area (Å²) in [5.41, 5.74) is 0.647. The van der Waals surface area contributed by atoms with Crippen LogP contribution in [0.2, 0.25) is 0 Å². The van der Waals surface area contributed by atoms with Crippen LogP contribution in [-0.2, 0) is 4.79 Å². The summed E-state index contributed by atoms with van der Waals surface area (Å²) in [7, 11) is 0. The van der Waals surface area contributed by atoms with Crippen molar-refractivity contribution in [1.29, 1.82) is 0 Å². The van der Waals surface area contributed by atoms with E-state index in [1.54, 1.807) is 0 Å². The molecule has 1 aromatic rings. The first-order valence-electron chi connectivity index (χ1n) is 6.89. The Hall–Kier alpha value is -1.91. The van der Waals surface area contributed by atoms with Crippen LogP contribution in [0.1, 0.15) is 34.1 Å². The van der Waals surface area contributed by atoms with Crippen LogP contribution in [0.3, 0.4) is 0 Å². The number of benzene rings is 1. The van der Waals surface area contributed by atoms with Crippen LogP contribution in [-0.4, -0.2) is 24.3 Å². The minimum Gasteiger partial charge on any atom is -0.454 e. The van der Waals surface area contributed by atoms with Crippen molar-refractivity contribution in [3.05, 3.63) is 18.2 Å². The molecule has 0 saturated carbocycles. The van der Waals surface area contributed by atoms with Crippen molar-refractivity contribution < 1.29 is 14.3 Å². The van der Waals surface area contributed by atoms with Crippen LogP contribution < -0.4 is 20.1 Å². The zero-order valence-electron chi connectivity index (χ0n) is 12.4. The lowest BCUT2D eigenvalue weighted by atomic mass is 10.0. The summed E-state index contributed by atoms with van der Waals surface area (Å²) in [6.07, 6.45) is 0.884. The quantitative estimate of drug-likeness (QED) is 0.869. The van der Waals surface area contributed by atoms with E-state index in [2.05, 4.69) is 17.6 Å². The number of fused-ring (bicyclic) bond motifs is 1. The summed E-state index contributed by atoms with van der Waals surface area (Å²) in [5.74, 6) is 1.42. The molecule has 0 bridgehead atoms. The van der Waals surface area contributed by atoms with Gasteiger partial charge in [-0.3, -0.25) is 4.79 Å². The second-order valence-electron chi connectivity index (χ2n) is 5.66. The van der Waals surface area contributed by atoms with Gasteiger partial charge in [-0.1, -0.05) is 6.92 Å². The van der Waals surface area contributed by atoms with Gasteiger partial charge < -0.3 is 20.1 Å². The lowest BCUT2D eigenvalue weighted by Crippen LogP contribution is -2.48. The largest absolute Gasteiger partial charge is 0.454 e. The molecule has 0 aliphatic carbocycles. The Morgan fingerprint density at radius 2 is 2.05 bits per heavy atom. The Balaban J connectivity index is 1.97. The van der Waals surface area contributed by atoms with E-state index in [1.807, 2.05) is 39.0 Å². The highest BCUT2D eigenvalue weighted by Crippen LogP contribution is 2.34. The molecule has 110 valence electrons. The van der Waals surface area contributed by atoms with Gasteiger partial charge in [0.2, 0.25) is 12.7 Å². The maximum absolute atomic E-state index is 12.1. The van der Waals surface area contributed by atoms with E-state index in [9.17, 15) is 4.79 Å². The van der Waals surface area contributed by atoms with E-state index in [1.165, 1.54) is 0 Å². The van der Waals surface area contributed by atoms with Crippen molar-refractivity contribution in [2.45, 2.75) is 45.7 Å². The first-order valence-corrected chi connectivity index (χ1v) is 6.89. The normalized spacial score (nSPS) is 14.8. The van der Waals surface area contributed by atoms with E-state index in [0.717, 1.165) is 17.9 Å². The molecular weight excluding hydrogens is 256 g/mol. The van der Waals surface area contributed by atoms with Crippen molar-refractivity contribution in [2.24, 2.45) is 0 Å². The third-order valence-corrected chi connectivity index (χ3v) is 3.49. The lowest BCUT2D eigenvalue weighted by Gasteiger charge is -2.27. The number of amides is 1. The van der Waals surface area contributed by atoms with E-state index < -0.39 is 0 Å². The highest BCUT2D eigenvalue weighted by molar-refractivity contribution is 5.84. The molecule has 20 heavy (non-hydrogen) atoms. The predicted molar refractivity (Wildman–Crippen MR) is 78.2 cm³/mol. The van der Waals surface area contributed by atoms with Crippen molar-refractivity contribution in [1.82, 2.24) is 5.32 Å². The molecule has 1 unspecified atom stereocenters. The van der Waals surface area contributed by atoms with E-state index in [0.29, 0.717) is 5.75 Å². The molecule has 5 heteroatoms. The number of carbonyl (C=O) groups is 1. The van der Waals surface area contributed by atoms with Crippen molar-refractivity contribution in [3.8, 4) is 11.5 Å². The van der Waals surface area contributed by atoms with Crippen LogP contribution in [0.5, 0.6) is 11.5 Å². The third kappa shape index (κ3) is 3.35. The number of ether oxygens (including phenoxy) is 2. The molecule has 1 aliphatic heterocycles. The molecular formula is C15H22N2O3. The fourth-order valence-electron chi connectivity index (χ4n) is 1.83. The molecule has 0 spiro atoms. The van der Waals surface area contributed by atoms with Crippen molar-refractivity contribution in [2.75, 3.05) is 12.1 Å². The minimum atomic E-state index is -0.318. The molecule has 1 amide bonds. The average molecular weight is 278 g/mol. The predicted octanol–water partition coefficient (Wildman–Crippen LogP) is 2.52. The summed E-state index contributed by atoms with van der Waals surface area (Å²) in [6.45, 7) is 8.16. The summed E-state index contributed by atoms with van der Waals surface area (Å²) in [6, 6.07) is 5.24. The monoisotopic (exact) mass is 278 g/mol. The molecule has 1 heterocycles. The number of hydrogen-bond donors (Lipinski definition) is 2. The van der Waals surface area contributed by atoms with Crippen LogP contribution in [0, 0.1) is 0 Å².